The number of hydrogen-bond acceptors (Lipinski definition) is 6. The molecule has 0 spiro atoms. The Bertz CT molecular complexity index is 1220. The van der Waals surface area contributed by atoms with Gasteiger partial charge in [-0.15, -0.1) is 0 Å². The molecule has 1 saturated heterocycles. The smallest absolute Gasteiger partial charge is 0.323 e. The lowest BCUT2D eigenvalue weighted by atomic mass is 9.92. The van der Waals surface area contributed by atoms with Crippen LogP contribution in [-0.4, -0.2) is 56.2 Å². The summed E-state index contributed by atoms with van der Waals surface area (Å²) in [5, 5.41) is 15.3. The monoisotopic (exact) mass is 559 g/mol. The van der Waals surface area contributed by atoms with Gasteiger partial charge in [0.2, 0.25) is 0 Å². The molecule has 0 aliphatic carbocycles. The van der Waals surface area contributed by atoms with Crippen LogP contribution in [-0.2, 0) is 14.6 Å². The SMILES string of the molecule is CCOc1ccc(NC(=O)Nc2cc([C@@H](CC)CC(=O)O)ccc2N(CC(C)C)C2CCS(=O)(=O)CC2)cc1. The zero-order valence-corrected chi connectivity index (χ0v) is 24.1. The fraction of sp³-hybridized carbons (Fsp3) is 0.517. The van der Waals surface area contributed by atoms with Crippen molar-refractivity contribution >= 4 is 38.9 Å². The van der Waals surface area contributed by atoms with Gasteiger partial charge in [-0.25, -0.2) is 13.2 Å². The van der Waals surface area contributed by atoms with Crippen LogP contribution in [0.2, 0.25) is 0 Å². The molecule has 2 aromatic carbocycles. The molecule has 0 saturated carbocycles. The molecule has 0 unspecified atom stereocenters. The van der Waals surface area contributed by atoms with Gasteiger partial charge in [-0.05, 0) is 80.0 Å². The Kier molecular flexibility index (Phi) is 10.6. The molecule has 0 aromatic heterocycles. The third kappa shape index (κ3) is 8.88. The van der Waals surface area contributed by atoms with Gasteiger partial charge in [-0.3, -0.25) is 4.79 Å². The van der Waals surface area contributed by atoms with Gasteiger partial charge in [0.1, 0.15) is 15.6 Å². The molecule has 3 N–H and O–H groups in total. The lowest BCUT2D eigenvalue weighted by molar-refractivity contribution is -0.137. The maximum Gasteiger partial charge on any atom is 0.323 e. The lowest BCUT2D eigenvalue weighted by Crippen LogP contribution is -2.43. The van der Waals surface area contributed by atoms with E-state index in [9.17, 15) is 23.1 Å². The van der Waals surface area contributed by atoms with Gasteiger partial charge >= 0.3 is 12.0 Å². The summed E-state index contributed by atoms with van der Waals surface area (Å²) in [7, 11) is -3.03. The first kappa shape index (κ1) is 30.3. The van der Waals surface area contributed by atoms with E-state index >= 15 is 0 Å². The number of carbonyl (C=O) groups excluding carboxylic acids is 1. The predicted octanol–water partition coefficient (Wildman–Crippen LogP) is 5.74. The topological polar surface area (TPSA) is 125 Å². The summed E-state index contributed by atoms with van der Waals surface area (Å²) in [6.45, 7) is 9.29. The van der Waals surface area contributed by atoms with Gasteiger partial charge in [0.05, 0.1) is 35.9 Å². The molecule has 1 aliphatic heterocycles. The highest BCUT2D eigenvalue weighted by atomic mass is 32.2. The van der Waals surface area contributed by atoms with Crippen molar-refractivity contribution in [1.29, 1.82) is 0 Å². The molecule has 0 bridgehead atoms. The number of carboxylic acids is 1. The van der Waals surface area contributed by atoms with E-state index in [4.69, 9.17) is 4.74 Å². The Balaban J connectivity index is 1.95. The summed E-state index contributed by atoms with van der Waals surface area (Å²) >= 11 is 0. The van der Waals surface area contributed by atoms with Gasteiger partial charge in [0.15, 0.2) is 0 Å². The third-order valence-corrected chi connectivity index (χ3v) is 8.63. The van der Waals surface area contributed by atoms with Crippen LogP contribution in [0.4, 0.5) is 21.9 Å². The summed E-state index contributed by atoms with van der Waals surface area (Å²) in [5.74, 6) is 0.206. The molecule has 2 amide bonds. The number of sulfone groups is 1. The first-order valence-corrected chi connectivity index (χ1v) is 15.5. The number of anilines is 3. The van der Waals surface area contributed by atoms with E-state index < -0.39 is 21.8 Å². The molecule has 1 aliphatic rings. The standard InChI is InChI=1S/C29H41N3O6S/c1-5-21(18-28(33)34)22-7-12-27(32(19-20(3)4)24-13-15-39(36,37)16-14-24)26(17-22)31-29(35)30-23-8-10-25(11-9-23)38-6-2/h7-12,17,20-21,24H,5-6,13-16,18-19H2,1-4H3,(H,33,34)(H2,30,31,35)/t21-/m0/s1. The Morgan fingerprint density at radius 2 is 1.72 bits per heavy atom. The Labute approximate surface area is 231 Å². The van der Waals surface area contributed by atoms with Crippen LogP contribution >= 0.6 is 0 Å². The number of urea groups is 1. The number of carboxylic acid groups (broad SMARTS) is 1. The molecular weight excluding hydrogens is 518 g/mol. The van der Waals surface area contributed by atoms with E-state index in [0.717, 1.165) is 11.3 Å². The van der Waals surface area contributed by atoms with E-state index in [0.29, 0.717) is 55.5 Å². The first-order valence-electron chi connectivity index (χ1n) is 13.6. The second-order valence-electron chi connectivity index (χ2n) is 10.4. The Morgan fingerprint density at radius 3 is 2.28 bits per heavy atom. The molecule has 2 aromatic rings. The zero-order valence-electron chi connectivity index (χ0n) is 23.3. The normalized spacial score (nSPS) is 15.9. The number of rotatable bonds is 12. The van der Waals surface area contributed by atoms with Crippen molar-refractivity contribution in [3.8, 4) is 5.75 Å². The highest BCUT2D eigenvalue weighted by molar-refractivity contribution is 7.91. The van der Waals surface area contributed by atoms with Crippen molar-refractivity contribution in [2.24, 2.45) is 5.92 Å². The van der Waals surface area contributed by atoms with Crippen molar-refractivity contribution in [2.45, 2.75) is 65.3 Å². The van der Waals surface area contributed by atoms with E-state index in [1.807, 2.05) is 32.0 Å². The van der Waals surface area contributed by atoms with Crippen molar-refractivity contribution in [3.05, 3.63) is 48.0 Å². The minimum absolute atomic E-state index is 0.0101. The Hall–Kier alpha value is -3.27. The number of hydrogen-bond donors (Lipinski definition) is 3. The largest absolute Gasteiger partial charge is 0.494 e. The number of aliphatic carboxylic acids is 1. The average Bonchev–Trinajstić information content (AvgIpc) is 2.87. The van der Waals surface area contributed by atoms with Crippen LogP contribution in [0.15, 0.2) is 42.5 Å². The lowest BCUT2D eigenvalue weighted by Gasteiger charge is -2.38. The van der Waals surface area contributed by atoms with Gasteiger partial charge in [0.25, 0.3) is 0 Å². The molecular formula is C29H41N3O6S. The van der Waals surface area contributed by atoms with Crippen LogP contribution in [0.3, 0.4) is 0 Å². The maximum absolute atomic E-state index is 13.1. The second kappa shape index (κ2) is 13.7. The van der Waals surface area contributed by atoms with E-state index in [-0.39, 0.29) is 29.9 Å². The summed E-state index contributed by atoms with van der Waals surface area (Å²) in [6.07, 6.45) is 1.67. The molecule has 39 heavy (non-hydrogen) atoms. The van der Waals surface area contributed by atoms with Gasteiger partial charge in [-0.1, -0.05) is 26.8 Å². The number of ether oxygens (including phenoxy) is 1. The fourth-order valence-electron chi connectivity index (χ4n) is 4.98. The van der Waals surface area contributed by atoms with Gasteiger partial charge in [-0.2, -0.15) is 0 Å². The fourth-order valence-corrected chi connectivity index (χ4v) is 6.45. The summed E-state index contributed by atoms with van der Waals surface area (Å²) in [4.78, 5) is 26.8. The molecule has 1 fully saturated rings. The third-order valence-electron chi connectivity index (χ3n) is 6.91. The van der Waals surface area contributed by atoms with Crippen LogP contribution < -0.4 is 20.3 Å². The number of carbonyl (C=O) groups is 2. The quantitative estimate of drug-likeness (QED) is 0.303. The van der Waals surface area contributed by atoms with Crippen LogP contribution in [0, 0.1) is 5.92 Å². The van der Waals surface area contributed by atoms with Gasteiger partial charge < -0.3 is 25.4 Å². The molecule has 1 atom stereocenters. The van der Waals surface area contributed by atoms with Crippen molar-refractivity contribution in [1.82, 2.24) is 0 Å². The molecule has 1 heterocycles. The minimum atomic E-state index is -3.03. The predicted molar refractivity (Wildman–Crippen MR) is 156 cm³/mol. The molecule has 10 heteroatoms. The van der Waals surface area contributed by atoms with Crippen molar-refractivity contribution in [2.75, 3.05) is 40.2 Å². The second-order valence-corrected chi connectivity index (χ2v) is 12.7. The van der Waals surface area contributed by atoms with Crippen molar-refractivity contribution in [3.63, 3.8) is 0 Å². The first-order chi connectivity index (χ1) is 18.5. The van der Waals surface area contributed by atoms with Gasteiger partial charge in [0, 0.05) is 18.3 Å². The maximum atomic E-state index is 13.1. The number of amides is 2. The Morgan fingerprint density at radius 1 is 1.05 bits per heavy atom. The molecule has 0 radical (unpaired) electrons. The van der Waals surface area contributed by atoms with Crippen LogP contribution in [0.5, 0.6) is 5.75 Å². The number of nitrogens with zero attached hydrogens (tertiary/aromatic N) is 1. The van der Waals surface area contributed by atoms with Crippen LogP contribution in [0.25, 0.3) is 0 Å². The summed E-state index contributed by atoms with van der Waals surface area (Å²) in [6, 6.07) is 12.4. The molecule has 3 rings (SSSR count). The van der Waals surface area contributed by atoms with E-state index in [2.05, 4.69) is 29.4 Å². The number of nitrogens with one attached hydrogen (secondary N) is 2. The summed E-state index contributed by atoms with van der Waals surface area (Å²) in [5.41, 5.74) is 2.79. The van der Waals surface area contributed by atoms with Crippen molar-refractivity contribution < 1.29 is 27.9 Å². The summed E-state index contributed by atoms with van der Waals surface area (Å²) < 4.78 is 29.7. The van der Waals surface area contributed by atoms with E-state index in [1.54, 1.807) is 24.3 Å². The minimum Gasteiger partial charge on any atom is -0.494 e. The number of benzene rings is 2. The highest BCUT2D eigenvalue weighted by Crippen LogP contribution is 2.36. The van der Waals surface area contributed by atoms with E-state index in [1.165, 1.54) is 0 Å². The molecule has 9 nitrogen and oxygen atoms in total. The molecule has 214 valence electrons. The van der Waals surface area contributed by atoms with Crippen LogP contribution in [0.1, 0.15) is 64.9 Å². The zero-order chi connectivity index (χ0) is 28.6. The average molecular weight is 560 g/mol. The highest BCUT2D eigenvalue weighted by Gasteiger charge is 2.30.